The molecule has 4 heterocycles. The number of rotatable bonds is 3. The molecule has 1 aromatic carbocycles. The van der Waals surface area contributed by atoms with Gasteiger partial charge in [0.15, 0.2) is 11.6 Å². The molecule has 1 aromatic heterocycles. The number of aryl methyl sites for hydroxylation is 2. The smallest absolute Gasteiger partial charge is 0.227 e. The number of piperidine rings is 2. The van der Waals surface area contributed by atoms with E-state index in [9.17, 15) is 4.79 Å². The minimum Gasteiger partial charge on any atom is -0.354 e. The van der Waals surface area contributed by atoms with E-state index in [4.69, 9.17) is 9.47 Å². The summed E-state index contributed by atoms with van der Waals surface area (Å²) in [5.41, 5.74) is 4.48. The van der Waals surface area contributed by atoms with Gasteiger partial charge >= 0.3 is 0 Å². The molecule has 1 amide bonds. The molecule has 0 unspecified atom stereocenters. The molecule has 0 aliphatic carbocycles. The fourth-order valence-corrected chi connectivity index (χ4v) is 5.05. The highest BCUT2D eigenvalue weighted by atomic mass is 16.7. The molecule has 0 radical (unpaired) electrons. The summed E-state index contributed by atoms with van der Waals surface area (Å²) in [6.45, 7) is 8.57. The van der Waals surface area contributed by atoms with E-state index in [0.717, 1.165) is 49.3 Å². The number of carbonyl (C=O) groups excluding carboxylic acids is 1. The zero-order valence-electron chi connectivity index (χ0n) is 19.0. The summed E-state index contributed by atoms with van der Waals surface area (Å²) in [4.78, 5) is 17.4. The Morgan fingerprint density at radius 2 is 1.78 bits per heavy atom. The number of aromatic nitrogens is 2. The summed E-state index contributed by atoms with van der Waals surface area (Å²) in [6.07, 6.45) is 3.44. The molecule has 0 bridgehead atoms. The Morgan fingerprint density at radius 3 is 2.47 bits per heavy atom. The third-order valence-corrected chi connectivity index (χ3v) is 7.20. The van der Waals surface area contributed by atoms with E-state index in [2.05, 4.69) is 47.1 Å². The van der Waals surface area contributed by atoms with Crippen LogP contribution in [0.15, 0.2) is 30.3 Å². The topological polar surface area (TPSA) is 67.8 Å². The molecule has 3 aliphatic rings. The summed E-state index contributed by atoms with van der Waals surface area (Å²) in [5.74, 6) is 0.662. The van der Waals surface area contributed by atoms with Crippen LogP contribution in [-0.4, -0.2) is 66.2 Å². The van der Waals surface area contributed by atoms with Crippen molar-refractivity contribution in [3.63, 3.8) is 0 Å². The molecule has 1 spiro atoms. The van der Waals surface area contributed by atoms with Crippen LogP contribution in [0, 0.1) is 19.8 Å². The zero-order chi connectivity index (χ0) is 22.1. The van der Waals surface area contributed by atoms with Gasteiger partial charge in [-0.3, -0.25) is 4.79 Å². The van der Waals surface area contributed by atoms with Gasteiger partial charge in [0.1, 0.15) is 0 Å². The van der Waals surface area contributed by atoms with Crippen molar-refractivity contribution in [2.24, 2.45) is 5.92 Å². The molecule has 2 aromatic rings. The molecule has 3 aliphatic heterocycles. The first-order valence-corrected chi connectivity index (χ1v) is 11.8. The Labute approximate surface area is 189 Å². The summed E-state index contributed by atoms with van der Waals surface area (Å²) < 4.78 is 11.6. The quantitative estimate of drug-likeness (QED) is 0.735. The molecule has 3 fully saturated rings. The maximum Gasteiger partial charge on any atom is 0.227 e. The Balaban J connectivity index is 1.22. The van der Waals surface area contributed by atoms with Crippen molar-refractivity contribution in [3.8, 4) is 11.3 Å². The number of amides is 1. The third kappa shape index (κ3) is 4.24. The second-order valence-corrected chi connectivity index (χ2v) is 9.29. The largest absolute Gasteiger partial charge is 0.354 e. The van der Waals surface area contributed by atoms with E-state index in [1.165, 1.54) is 11.1 Å². The Kier molecular flexibility index (Phi) is 5.86. The van der Waals surface area contributed by atoms with E-state index >= 15 is 0 Å². The second kappa shape index (κ2) is 8.79. The van der Waals surface area contributed by atoms with Crippen LogP contribution in [-0.2, 0) is 14.3 Å². The number of likely N-dealkylation sites (tertiary alicyclic amines) is 1. The predicted octanol–water partition coefficient (Wildman–Crippen LogP) is 3.34. The first-order chi connectivity index (χ1) is 15.5. The van der Waals surface area contributed by atoms with Gasteiger partial charge in [-0.1, -0.05) is 12.1 Å². The second-order valence-electron chi connectivity index (χ2n) is 9.29. The molecule has 170 valence electrons. The van der Waals surface area contributed by atoms with Gasteiger partial charge in [0, 0.05) is 44.6 Å². The van der Waals surface area contributed by atoms with Gasteiger partial charge in [-0.25, -0.2) is 0 Å². The van der Waals surface area contributed by atoms with Crippen LogP contribution in [0.5, 0.6) is 0 Å². The van der Waals surface area contributed by atoms with Crippen LogP contribution in [0.3, 0.4) is 0 Å². The highest BCUT2D eigenvalue weighted by Gasteiger charge is 2.42. The standard InChI is InChI=1S/C25H32N4O3/c1-18-5-6-20(16-19(18)2)22-7-8-23(27-26-22)29-11-3-4-21(17-29)24(30)28-12-9-25(10-13-28)31-14-15-32-25/h5-8,16,21H,3-4,9-15,17H2,1-2H3/t21-/m1/s1. The lowest BCUT2D eigenvalue weighted by Gasteiger charge is -2.40. The average molecular weight is 437 g/mol. The molecule has 0 N–H and O–H groups in total. The summed E-state index contributed by atoms with van der Waals surface area (Å²) >= 11 is 0. The fraction of sp³-hybridized carbons (Fsp3) is 0.560. The van der Waals surface area contributed by atoms with E-state index in [0.29, 0.717) is 32.8 Å². The molecule has 5 rings (SSSR count). The Hall–Kier alpha value is -2.51. The normalized spacial score (nSPS) is 23.0. The van der Waals surface area contributed by atoms with Crippen molar-refractivity contribution in [1.82, 2.24) is 15.1 Å². The highest BCUT2D eigenvalue weighted by Crippen LogP contribution is 2.33. The van der Waals surface area contributed by atoms with Crippen molar-refractivity contribution in [2.45, 2.75) is 45.3 Å². The number of hydrogen-bond acceptors (Lipinski definition) is 6. The van der Waals surface area contributed by atoms with Crippen LogP contribution in [0.25, 0.3) is 11.3 Å². The monoisotopic (exact) mass is 436 g/mol. The maximum absolute atomic E-state index is 13.2. The number of hydrogen-bond donors (Lipinski definition) is 0. The lowest BCUT2D eigenvalue weighted by atomic mass is 9.94. The molecule has 1 atom stereocenters. The third-order valence-electron chi connectivity index (χ3n) is 7.20. The van der Waals surface area contributed by atoms with Crippen LogP contribution >= 0.6 is 0 Å². The minimum absolute atomic E-state index is 0.00411. The Morgan fingerprint density at radius 1 is 1.00 bits per heavy atom. The molecular formula is C25H32N4O3. The van der Waals surface area contributed by atoms with Crippen molar-refractivity contribution in [2.75, 3.05) is 44.3 Å². The number of carbonyl (C=O) groups is 1. The summed E-state index contributed by atoms with van der Waals surface area (Å²) in [5, 5.41) is 8.98. The van der Waals surface area contributed by atoms with Gasteiger partial charge in [-0.2, -0.15) is 0 Å². The molecular weight excluding hydrogens is 404 g/mol. The van der Waals surface area contributed by atoms with Gasteiger partial charge in [0.05, 0.1) is 24.8 Å². The summed E-state index contributed by atoms with van der Waals surface area (Å²) in [7, 11) is 0. The van der Waals surface area contributed by atoms with Crippen LogP contribution in [0.1, 0.15) is 36.8 Å². The van der Waals surface area contributed by atoms with Gasteiger partial charge < -0.3 is 19.3 Å². The lowest BCUT2D eigenvalue weighted by molar-refractivity contribution is -0.188. The first-order valence-electron chi connectivity index (χ1n) is 11.8. The molecule has 3 saturated heterocycles. The van der Waals surface area contributed by atoms with Crippen molar-refractivity contribution in [3.05, 3.63) is 41.5 Å². The van der Waals surface area contributed by atoms with Crippen molar-refractivity contribution < 1.29 is 14.3 Å². The number of ether oxygens (including phenoxy) is 2. The number of anilines is 1. The van der Waals surface area contributed by atoms with Crippen molar-refractivity contribution >= 4 is 11.7 Å². The maximum atomic E-state index is 13.2. The molecule has 7 nitrogen and oxygen atoms in total. The minimum atomic E-state index is -0.442. The zero-order valence-corrected chi connectivity index (χ0v) is 19.0. The van der Waals surface area contributed by atoms with Crippen LogP contribution < -0.4 is 4.90 Å². The van der Waals surface area contributed by atoms with Gasteiger partial charge in [-0.15, -0.1) is 10.2 Å². The van der Waals surface area contributed by atoms with E-state index in [-0.39, 0.29) is 11.8 Å². The van der Waals surface area contributed by atoms with E-state index in [1.54, 1.807) is 0 Å². The van der Waals surface area contributed by atoms with Gasteiger partial charge in [-0.05, 0) is 56.0 Å². The highest BCUT2D eigenvalue weighted by molar-refractivity contribution is 5.80. The molecule has 7 heteroatoms. The van der Waals surface area contributed by atoms with Crippen LogP contribution in [0.4, 0.5) is 5.82 Å². The van der Waals surface area contributed by atoms with Crippen LogP contribution in [0.2, 0.25) is 0 Å². The fourth-order valence-electron chi connectivity index (χ4n) is 5.05. The number of nitrogens with zero attached hydrogens (tertiary/aromatic N) is 4. The van der Waals surface area contributed by atoms with Crippen molar-refractivity contribution in [1.29, 1.82) is 0 Å². The SMILES string of the molecule is Cc1ccc(-c2ccc(N3CCC[C@@H](C(=O)N4CCC5(CC4)OCCO5)C3)nn2)cc1C. The molecule has 32 heavy (non-hydrogen) atoms. The average Bonchev–Trinajstić information content (AvgIpc) is 3.29. The first kappa shape index (κ1) is 21.3. The van der Waals surface area contributed by atoms with E-state index in [1.807, 2.05) is 17.0 Å². The summed E-state index contributed by atoms with van der Waals surface area (Å²) in [6, 6.07) is 10.4. The predicted molar refractivity (Wildman–Crippen MR) is 122 cm³/mol. The Bertz CT molecular complexity index is 962. The molecule has 0 saturated carbocycles. The lowest BCUT2D eigenvalue weighted by Crippen LogP contribution is -2.51. The van der Waals surface area contributed by atoms with E-state index < -0.39 is 5.79 Å². The van der Waals surface area contributed by atoms with Gasteiger partial charge in [0.25, 0.3) is 0 Å². The number of benzene rings is 1. The van der Waals surface area contributed by atoms with Gasteiger partial charge in [0.2, 0.25) is 5.91 Å².